The van der Waals surface area contributed by atoms with Crippen LogP contribution in [0.5, 0.6) is 11.5 Å². The summed E-state index contributed by atoms with van der Waals surface area (Å²) < 4.78 is 19.7. The number of benzene rings is 1. The molecule has 20 heavy (non-hydrogen) atoms. The highest BCUT2D eigenvalue weighted by Crippen LogP contribution is 2.50. The minimum Gasteiger partial charge on any atom is -0.454 e. The molecule has 0 radical (unpaired) electrons. The monoisotopic (exact) mass is 375 g/mol. The molecule has 0 spiro atoms. The molecule has 1 aliphatic rings. The van der Waals surface area contributed by atoms with Crippen LogP contribution in [0.25, 0.3) is 0 Å². The second-order valence-corrected chi connectivity index (χ2v) is 6.50. The molecule has 2 heterocycles. The molecule has 0 saturated carbocycles. The Kier molecular flexibility index (Phi) is 3.90. The van der Waals surface area contributed by atoms with Gasteiger partial charge in [-0.15, -0.1) is 0 Å². The van der Waals surface area contributed by atoms with Crippen molar-refractivity contribution in [1.29, 1.82) is 0 Å². The summed E-state index contributed by atoms with van der Waals surface area (Å²) in [5.74, 6) is 0.941. The maximum atomic E-state index is 13.5. The van der Waals surface area contributed by atoms with Crippen molar-refractivity contribution in [2.24, 2.45) is 0 Å². The molecule has 104 valence electrons. The Labute approximate surface area is 132 Å². The number of pyridine rings is 1. The summed E-state index contributed by atoms with van der Waals surface area (Å²) in [5, 5.41) is 10.3. The van der Waals surface area contributed by atoms with Crippen molar-refractivity contribution in [3.8, 4) is 11.5 Å². The van der Waals surface area contributed by atoms with E-state index in [1.165, 1.54) is 12.4 Å². The highest BCUT2D eigenvalue weighted by molar-refractivity contribution is 9.10. The molecule has 3 rings (SSSR count). The van der Waals surface area contributed by atoms with Gasteiger partial charge >= 0.3 is 0 Å². The van der Waals surface area contributed by atoms with Crippen LogP contribution in [0.3, 0.4) is 0 Å². The topological polar surface area (TPSA) is 42.4 Å². The Balaban J connectivity index is 1.97. The van der Waals surface area contributed by atoms with Gasteiger partial charge in [-0.3, -0.25) is 4.98 Å². The number of ether oxygens (including phenoxy) is 1. The first kappa shape index (κ1) is 14.1. The fourth-order valence-electron chi connectivity index (χ4n) is 1.90. The number of aromatic nitrogens is 1. The van der Waals surface area contributed by atoms with Crippen LogP contribution >= 0.6 is 39.3 Å². The zero-order valence-corrected chi connectivity index (χ0v) is 13.0. The van der Waals surface area contributed by atoms with Crippen molar-refractivity contribution >= 4 is 39.3 Å². The Morgan fingerprint density at radius 2 is 2.20 bits per heavy atom. The van der Waals surface area contributed by atoms with Crippen LogP contribution in [-0.4, -0.2) is 15.6 Å². The predicted octanol–water partition coefficient (Wildman–Crippen LogP) is 4.72. The second-order valence-electron chi connectivity index (χ2n) is 4.14. The van der Waals surface area contributed by atoms with E-state index in [4.69, 9.17) is 16.3 Å². The molecular formula is C13H8BrClFNO2S. The lowest BCUT2D eigenvalue weighted by molar-refractivity contribution is 0.127. The van der Waals surface area contributed by atoms with Crippen LogP contribution in [0.4, 0.5) is 4.39 Å². The molecule has 7 heteroatoms. The van der Waals surface area contributed by atoms with E-state index >= 15 is 0 Å². The molecule has 1 aromatic carbocycles. The van der Waals surface area contributed by atoms with Crippen molar-refractivity contribution in [3.05, 3.63) is 45.7 Å². The van der Waals surface area contributed by atoms with Crippen molar-refractivity contribution in [1.82, 2.24) is 4.98 Å². The molecule has 2 atom stereocenters. The van der Waals surface area contributed by atoms with E-state index in [0.29, 0.717) is 31.5 Å². The number of aliphatic hydroxyl groups excluding tert-OH is 1. The van der Waals surface area contributed by atoms with Crippen LogP contribution in [0.15, 0.2) is 40.0 Å². The fourth-order valence-corrected chi connectivity index (χ4v) is 3.86. The molecule has 2 aromatic rings. The van der Waals surface area contributed by atoms with Gasteiger partial charge in [0, 0.05) is 22.7 Å². The SMILES string of the molecule is OC1c2c(ccc(Oc3cncc(Cl)c3)c2Br)SC1F. The third-order valence-corrected chi connectivity index (χ3v) is 4.91. The third-order valence-electron chi connectivity index (χ3n) is 2.80. The van der Waals surface area contributed by atoms with Crippen LogP contribution in [-0.2, 0) is 0 Å². The summed E-state index contributed by atoms with van der Waals surface area (Å²) in [6.45, 7) is 0. The molecule has 1 aromatic heterocycles. The number of halogens is 3. The Bertz CT molecular complexity index is 673. The zero-order chi connectivity index (χ0) is 14.3. The highest BCUT2D eigenvalue weighted by atomic mass is 79.9. The Hall–Kier alpha value is -0.820. The van der Waals surface area contributed by atoms with Crippen molar-refractivity contribution in [3.63, 3.8) is 0 Å². The molecule has 1 N–H and O–H groups in total. The summed E-state index contributed by atoms with van der Waals surface area (Å²) in [4.78, 5) is 4.63. The predicted molar refractivity (Wildman–Crippen MR) is 79.2 cm³/mol. The summed E-state index contributed by atoms with van der Waals surface area (Å²) in [6.07, 6.45) is 1.86. The first-order valence-electron chi connectivity index (χ1n) is 5.66. The van der Waals surface area contributed by atoms with E-state index in [2.05, 4.69) is 20.9 Å². The molecule has 0 fully saturated rings. The summed E-state index contributed by atoms with van der Waals surface area (Å²) in [5.41, 5.74) is -0.848. The largest absolute Gasteiger partial charge is 0.454 e. The van der Waals surface area contributed by atoms with Crippen LogP contribution in [0.1, 0.15) is 11.7 Å². The Morgan fingerprint density at radius 1 is 1.40 bits per heavy atom. The molecule has 3 nitrogen and oxygen atoms in total. The van der Waals surface area contributed by atoms with Crippen LogP contribution in [0, 0.1) is 0 Å². The summed E-state index contributed by atoms with van der Waals surface area (Å²) in [7, 11) is 0. The van der Waals surface area contributed by atoms with E-state index in [9.17, 15) is 9.50 Å². The number of hydrogen-bond donors (Lipinski definition) is 1. The zero-order valence-electron chi connectivity index (χ0n) is 9.89. The van der Waals surface area contributed by atoms with E-state index in [-0.39, 0.29) is 0 Å². The molecule has 1 aliphatic heterocycles. The molecule has 0 saturated heterocycles. The fraction of sp³-hybridized carbons (Fsp3) is 0.154. The van der Waals surface area contributed by atoms with Crippen molar-refractivity contribution < 1.29 is 14.2 Å². The van der Waals surface area contributed by atoms with Gasteiger partial charge in [0.1, 0.15) is 17.6 Å². The number of nitrogens with zero attached hydrogens (tertiary/aromatic N) is 1. The average molecular weight is 377 g/mol. The quantitative estimate of drug-likeness (QED) is 0.823. The van der Waals surface area contributed by atoms with Gasteiger partial charge in [-0.25, -0.2) is 4.39 Å². The van der Waals surface area contributed by atoms with E-state index in [1.54, 1.807) is 18.2 Å². The normalized spacial score (nSPS) is 20.8. The highest BCUT2D eigenvalue weighted by Gasteiger charge is 2.34. The van der Waals surface area contributed by atoms with E-state index in [1.807, 2.05) is 0 Å². The number of aliphatic hydroxyl groups is 1. The minimum atomic E-state index is -1.36. The summed E-state index contributed by atoms with van der Waals surface area (Å²) >= 11 is 10.2. The minimum absolute atomic E-state index is 0.458. The van der Waals surface area contributed by atoms with Gasteiger partial charge < -0.3 is 9.84 Å². The van der Waals surface area contributed by atoms with Gasteiger partial charge in [0.25, 0.3) is 0 Å². The van der Waals surface area contributed by atoms with Gasteiger partial charge in [-0.1, -0.05) is 23.4 Å². The van der Waals surface area contributed by atoms with E-state index in [0.717, 1.165) is 11.8 Å². The number of hydrogen-bond acceptors (Lipinski definition) is 4. The molecule has 0 bridgehead atoms. The van der Waals surface area contributed by atoms with Gasteiger partial charge in [-0.2, -0.15) is 0 Å². The molecule has 0 aliphatic carbocycles. The third kappa shape index (κ3) is 2.53. The standard InChI is InChI=1S/C13H8BrClFNO2S/c14-11-8(19-7-3-6(15)4-17-5-7)1-2-9-10(11)12(18)13(16)20-9/h1-5,12-13,18H. The lowest BCUT2D eigenvalue weighted by Crippen LogP contribution is -2.03. The van der Waals surface area contributed by atoms with Gasteiger partial charge in [-0.05, 0) is 28.1 Å². The summed E-state index contributed by atoms with van der Waals surface area (Å²) in [6, 6.07) is 5.06. The maximum Gasteiger partial charge on any atom is 0.180 e. The van der Waals surface area contributed by atoms with Crippen molar-refractivity contribution in [2.45, 2.75) is 16.5 Å². The number of thioether (sulfide) groups is 1. The maximum absolute atomic E-state index is 13.5. The van der Waals surface area contributed by atoms with E-state index < -0.39 is 11.6 Å². The second kappa shape index (κ2) is 5.52. The average Bonchev–Trinajstić information content (AvgIpc) is 2.69. The molecule has 0 amide bonds. The molecular weight excluding hydrogens is 369 g/mol. The van der Waals surface area contributed by atoms with Crippen LogP contribution < -0.4 is 4.74 Å². The smallest absolute Gasteiger partial charge is 0.180 e. The van der Waals surface area contributed by atoms with Gasteiger partial charge in [0.2, 0.25) is 0 Å². The van der Waals surface area contributed by atoms with Gasteiger partial charge in [0.05, 0.1) is 15.7 Å². The molecule has 2 unspecified atom stereocenters. The van der Waals surface area contributed by atoms with Gasteiger partial charge in [0.15, 0.2) is 5.50 Å². The number of fused-ring (bicyclic) bond motifs is 1. The first-order valence-corrected chi connectivity index (χ1v) is 7.71. The van der Waals surface area contributed by atoms with Crippen molar-refractivity contribution in [2.75, 3.05) is 0 Å². The Morgan fingerprint density at radius 3 is 2.95 bits per heavy atom. The number of alkyl halides is 1. The van der Waals surface area contributed by atoms with Crippen LogP contribution in [0.2, 0.25) is 5.02 Å². The first-order chi connectivity index (χ1) is 9.56. The lowest BCUT2D eigenvalue weighted by atomic mass is 10.1. The lowest BCUT2D eigenvalue weighted by Gasteiger charge is -2.12. The number of rotatable bonds is 2.